The van der Waals surface area contributed by atoms with Gasteiger partial charge in [0, 0.05) is 12.6 Å². The van der Waals surface area contributed by atoms with Gasteiger partial charge in [-0.1, -0.05) is 63.3 Å². The molecule has 1 atom stereocenters. The number of carbonyl (C=O) groups is 1. The highest BCUT2D eigenvalue weighted by Crippen LogP contribution is 2.30. The molecule has 32 heavy (non-hydrogen) atoms. The Morgan fingerprint density at radius 3 is 2.03 bits per heavy atom. The monoisotopic (exact) mass is 451 g/mol. The van der Waals surface area contributed by atoms with Gasteiger partial charge < -0.3 is 19.7 Å². The van der Waals surface area contributed by atoms with Crippen molar-refractivity contribution in [3.63, 3.8) is 0 Å². The molecule has 0 heterocycles. The molecule has 1 aromatic rings. The topological polar surface area (TPSA) is 79.2 Å². The first kappa shape index (κ1) is 28.4. The van der Waals surface area contributed by atoms with Crippen LogP contribution in [0.5, 0.6) is 0 Å². The summed E-state index contributed by atoms with van der Waals surface area (Å²) in [4.78, 5) is 13.5. The van der Waals surface area contributed by atoms with E-state index in [0.717, 1.165) is 12.0 Å². The second-order valence-corrected chi connectivity index (χ2v) is 9.76. The van der Waals surface area contributed by atoms with Gasteiger partial charge in [0.05, 0.1) is 18.8 Å². The third-order valence-electron chi connectivity index (χ3n) is 5.92. The van der Waals surface area contributed by atoms with E-state index in [1.54, 1.807) is 0 Å². The van der Waals surface area contributed by atoms with Crippen LogP contribution in [0.3, 0.4) is 0 Å². The van der Waals surface area contributed by atoms with Crippen LogP contribution in [0.25, 0.3) is 0 Å². The molecule has 6 heteroatoms. The van der Waals surface area contributed by atoms with E-state index in [-0.39, 0.29) is 20.0 Å². The van der Waals surface area contributed by atoms with Crippen LogP contribution >= 0.6 is 0 Å². The minimum Gasteiger partial charge on any atom is -0.465 e. The first-order valence-electron chi connectivity index (χ1n) is 12.0. The van der Waals surface area contributed by atoms with Crippen molar-refractivity contribution in [2.45, 2.75) is 96.6 Å². The minimum absolute atomic E-state index is 0.0481. The van der Waals surface area contributed by atoms with Gasteiger partial charge in [-0.05, 0) is 57.6 Å². The summed E-state index contributed by atoms with van der Waals surface area (Å²) < 4.78 is 10.5. The quantitative estimate of drug-likeness (QED) is 0.251. The van der Waals surface area contributed by atoms with Gasteiger partial charge >= 0.3 is 6.09 Å². The van der Waals surface area contributed by atoms with E-state index >= 15 is 0 Å². The molecule has 0 spiro atoms. The SMILES string of the molecule is CCCCCCCCc1ccc(CCC(CO)(COCOC)N(C(=O)O)C(C)(C)C)cc1. The Bertz CT molecular complexity index is 641. The van der Waals surface area contributed by atoms with Crippen LogP contribution in [0.4, 0.5) is 4.79 Å². The lowest BCUT2D eigenvalue weighted by molar-refractivity contribution is -0.107. The maximum Gasteiger partial charge on any atom is 0.408 e. The molecule has 0 aliphatic rings. The molecule has 1 unspecified atom stereocenters. The number of unbranched alkanes of at least 4 members (excludes halogenated alkanes) is 5. The van der Waals surface area contributed by atoms with Crippen molar-refractivity contribution in [2.75, 3.05) is 27.1 Å². The molecule has 2 N–H and O–H groups in total. The Balaban J connectivity index is 2.81. The largest absolute Gasteiger partial charge is 0.465 e. The van der Waals surface area contributed by atoms with Crippen LogP contribution in [0, 0.1) is 0 Å². The molecule has 1 aromatic carbocycles. The zero-order valence-corrected chi connectivity index (χ0v) is 20.9. The summed E-state index contributed by atoms with van der Waals surface area (Å²) >= 11 is 0. The molecule has 6 nitrogen and oxygen atoms in total. The minimum atomic E-state index is -1.07. The molecular weight excluding hydrogens is 406 g/mol. The van der Waals surface area contributed by atoms with E-state index in [0.29, 0.717) is 12.8 Å². The number of hydrogen-bond acceptors (Lipinski definition) is 4. The number of ether oxygens (including phenoxy) is 2. The molecule has 184 valence electrons. The third-order valence-corrected chi connectivity index (χ3v) is 5.92. The molecule has 0 saturated heterocycles. The lowest BCUT2D eigenvalue weighted by atomic mass is 9.86. The van der Waals surface area contributed by atoms with Crippen LogP contribution in [-0.4, -0.2) is 59.4 Å². The second-order valence-electron chi connectivity index (χ2n) is 9.76. The van der Waals surface area contributed by atoms with Crippen molar-refractivity contribution in [1.82, 2.24) is 4.90 Å². The average Bonchev–Trinajstić information content (AvgIpc) is 2.74. The second kappa shape index (κ2) is 14.5. The first-order chi connectivity index (χ1) is 15.2. The van der Waals surface area contributed by atoms with Crippen molar-refractivity contribution in [3.05, 3.63) is 35.4 Å². The van der Waals surface area contributed by atoms with Gasteiger partial charge in [-0.2, -0.15) is 0 Å². The summed E-state index contributed by atoms with van der Waals surface area (Å²) in [5.41, 5.74) is 0.717. The van der Waals surface area contributed by atoms with Gasteiger partial charge in [0.25, 0.3) is 0 Å². The normalized spacial score (nSPS) is 13.7. The van der Waals surface area contributed by atoms with Gasteiger partial charge in [0.15, 0.2) is 0 Å². The van der Waals surface area contributed by atoms with Crippen molar-refractivity contribution >= 4 is 6.09 Å². The molecule has 0 aliphatic heterocycles. The summed E-state index contributed by atoms with van der Waals surface area (Å²) in [5, 5.41) is 20.3. The van der Waals surface area contributed by atoms with Crippen LogP contribution in [0.1, 0.15) is 83.8 Å². The summed E-state index contributed by atoms with van der Waals surface area (Å²) in [5.74, 6) is 0. The van der Waals surface area contributed by atoms with Crippen molar-refractivity contribution in [1.29, 1.82) is 0 Å². The molecule has 0 aromatic heterocycles. The number of aryl methyl sites for hydroxylation is 2. The molecule has 0 fully saturated rings. The van der Waals surface area contributed by atoms with E-state index in [1.165, 1.54) is 56.1 Å². The molecule has 0 saturated carbocycles. The summed E-state index contributed by atoms with van der Waals surface area (Å²) in [7, 11) is 1.52. The number of amides is 1. The number of aliphatic hydroxyl groups excluding tert-OH is 1. The van der Waals surface area contributed by atoms with E-state index in [9.17, 15) is 15.0 Å². The number of methoxy groups -OCH3 is 1. The fraction of sp³-hybridized carbons (Fsp3) is 0.731. The third kappa shape index (κ3) is 9.47. The van der Waals surface area contributed by atoms with Crippen molar-refractivity contribution < 1.29 is 24.5 Å². The highest BCUT2D eigenvalue weighted by atomic mass is 16.7. The van der Waals surface area contributed by atoms with Gasteiger partial charge in [-0.15, -0.1) is 0 Å². The van der Waals surface area contributed by atoms with E-state index in [1.807, 2.05) is 20.8 Å². The summed E-state index contributed by atoms with van der Waals surface area (Å²) in [6.45, 7) is 7.53. The smallest absolute Gasteiger partial charge is 0.408 e. The van der Waals surface area contributed by atoms with Gasteiger partial charge in [0.2, 0.25) is 0 Å². The van der Waals surface area contributed by atoms with Crippen LogP contribution in [0.15, 0.2) is 24.3 Å². The predicted octanol–water partition coefficient (Wildman–Crippen LogP) is 5.65. The maximum atomic E-state index is 12.2. The Morgan fingerprint density at radius 2 is 1.53 bits per heavy atom. The zero-order chi connectivity index (χ0) is 24.0. The number of carboxylic acid groups (broad SMARTS) is 1. The number of hydrogen-bond donors (Lipinski definition) is 2. The molecule has 0 aliphatic carbocycles. The predicted molar refractivity (Wildman–Crippen MR) is 129 cm³/mol. The van der Waals surface area contributed by atoms with Crippen LogP contribution < -0.4 is 0 Å². The summed E-state index contributed by atoms with van der Waals surface area (Å²) in [6.07, 6.45) is 8.86. The fourth-order valence-corrected chi connectivity index (χ4v) is 4.32. The van der Waals surface area contributed by atoms with Crippen molar-refractivity contribution in [3.8, 4) is 0 Å². The summed E-state index contributed by atoms with van der Waals surface area (Å²) in [6, 6.07) is 8.57. The molecule has 0 radical (unpaired) electrons. The Labute approximate surface area is 194 Å². The zero-order valence-electron chi connectivity index (χ0n) is 20.9. The molecule has 0 bridgehead atoms. The molecule has 1 rings (SSSR count). The molecular formula is C26H45NO5. The molecule has 1 amide bonds. The van der Waals surface area contributed by atoms with Crippen molar-refractivity contribution in [2.24, 2.45) is 0 Å². The van der Waals surface area contributed by atoms with E-state index in [2.05, 4.69) is 31.2 Å². The highest BCUT2D eigenvalue weighted by Gasteiger charge is 2.45. The van der Waals surface area contributed by atoms with Gasteiger partial charge in [-0.3, -0.25) is 4.90 Å². The van der Waals surface area contributed by atoms with Gasteiger partial charge in [-0.25, -0.2) is 4.79 Å². The number of rotatable bonds is 16. The Hall–Kier alpha value is -1.63. The Morgan fingerprint density at radius 1 is 0.969 bits per heavy atom. The number of nitrogens with zero attached hydrogens (tertiary/aromatic N) is 1. The van der Waals surface area contributed by atoms with Crippen LogP contribution in [-0.2, 0) is 22.3 Å². The standard InChI is InChI=1S/C26H45NO5/c1-6-7-8-9-10-11-12-22-13-15-23(16-14-22)17-18-26(19-28,20-32-21-31-5)27(24(29)30)25(2,3)4/h13-16,28H,6-12,17-21H2,1-5H3,(H,29,30). The first-order valence-corrected chi connectivity index (χ1v) is 12.0. The van der Waals surface area contributed by atoms with Gasteiger partial charge in [0.1, 0.15) is 6.79 Å². The lowest BCUT2D eigenvalue weighted by Crippen LogP contribution is -2.63. The highest BCUT2D eigenvalue weighted by molar-refractivity contribution is 5.67. The van der Waals surface area contributed by atoms with E-state index < -0.39 is 17.2 Å². The number of aliphatic hydroxyl groups is 1. The average molecular weight is 452 g/mol. The number of benzene rings is 1. The fourth-order valence-electron chi connectivity index (χ4n) is 4.32. The Kier molecular flexibility index (Phi) is 12.9. The van der Waals surface area contributed by atoms with E-state index in [4.69, 9.17) is 9.47 Å². The maximum absolute atomic E-state index is 12.2. The van der Waals surface area contributed by atoms with Crippen LogP contribution in [0.2, 0.25) is 0 Å². The lowest BCUT2D eigenvalue weighted by Gasteiger charge is -2.48.